The quantitative estimate of drug-likeness (QED) is 0.254. The molecule has 0 unspecified atom stereocenters. The minimum atomic E-state index is -1.21. The van der Waals surface area contributed by atoms with Gasteiger partial charge in [0.2, 0.25) is 11.5 Å². The zero-order chi connectivity index (χ0) is 29.1. The molecule has 39 heavy (non-hydrogen) atoms. The van der Waals surface area contributed by atoms with Gasteiger partial charge in [0.15, 0.2) is 5.75 Å². The third-order valence-electron chi connectivity index (χ3n) is 6.41. The number of nitro benzene ring substituents is 2. The minimum Gasteiger partial charge on any atom is -0.490 e. The smallest absolute Gasteiger partial charge is 0.490 e. The van der Waals surface area contributed by atoms with Crippen molar-refractivity contribution in [1.29, 1.82) is 0 Å². The Labute approximate surface area is 223 Å². The molecule has 1 aliphatic heterocycles. The number of ether oxygens (including phenoxy) is 2. The van der Waals surface area contributed by atoms with Gasteiger partial charge < -0.3 is 28.3 Å². The fraction of sp³-hybridized carbons (Fsp3) is 0.320. The highest BCUT2D eigenvalue weighted by molar-refractivity contribution is 6.63. The van der Waals surface area contributed by atoms with E-state index in [9.17, 15) is 25.0 Å². The first-order valence-corrected chi connectivity index (χ1v) is 11.6. The molecule has 1 fully saturated rings. The first kappa shape index (κ1) is 29.1. The lowest BCUT2D eigenvalue weighted by Crippen LogP contribution is -2.41. The van der Waals surface area contributed by atoms with E-state index in [2.05, 4.69) is 0 Å². The van der Waals surface area contributed by atoms with Crippen LogP contribution in [-0.4, -0.2) is 53.5 Å². The molecule has 0 radical (unpaired) electrons. The molecule has 13 nitrogen and oxygen atoms in total. The fourth-order valence-electron chi connectivity index (χ4n) is 3.74. The van der Waals surface area contributed by atoms with Gasteiger partial charge in [0, 0.05) is 17.6 Å². The second-order valence-electron chi connectivity index (χ2n) is 9.33. The molecule has 1 saturated heterocycles. The van der Waals surface area contributed by atoms with Crippen LogP contribution in [0.3, 0.4) is 0 Å². The predicted octanol–water partition coefficient (Wildman–Crippen LogP) is 4.46. The summed E-state index contributed by atoms with van der Waals surface area (Å²) in [6.45, 7) is 7.71. The standard InChI is InChI=1S/C13H18BNO5.C12H9NO6/c1-12(2)13(3,4)20-14(19-12)9-7-6-8-10(15(16)17)11(9)18-5;1-18-11-7(3-2-4-8(11)13(16)17)9-5-6-10(19-9)12(14)15/h6-8H,1-5H3;2-6H,1H3,(H,14,15). The van der Waals surface area contributed by atoms with Crippen molar-refractivity contribution in [3.05, 3.63) is 74.5 Å². The van der Waals surface area contributed by atoms with Gasteiger partial charge in [-0.05, 0) is 45.9 Å². The maximum atomic E-state index is 11.0. The van der Waals surface area contributed by atoms with E-state index in [0.29, 0.717) is 11.0 Å². The number of para-hydroxylation sites is 2. The van der Waals surface area contributed by atoms with Crippen LogP contribution < -0.4 is 14.9 Å². The van der Waals surface area contributed by atoms with Crippen LogP contribution in [0.1, 0.15) is 38.2 Å². The van der Waals surface area contributed by atoms with Crippen LogP contribution in [0.2, 0.25) is 0 Å². The van der Waals surface area contributed by atoms with E-state index in [-0.39, 0.29) is 34.4 Å². The highest BCUT2D eigenvalue weighted by atomic mass is 16.7. The number of nitro groups is 2. The largest absolute Gasteiger partial charge is 0.498 e. The summed E-state index contributed by atoms with van der Waals surface area (Å²) in [6, 6.07) is 11.7. The highest BCUT2D eigenvalue weighted by Crippen LogP contribution is 2.39. The Morgan fingerprint density at radius 2 is 1.36 bits per heavy atom. The molecule has 3 aromatic rings. The van der Waals surface area contributed by atoms with E-state index >= 15 is 0 Å². The number of benzene rings is 2. The summed E-state index contributed by atoms with van der Waals surface area (Å²) in [4.78, 5) is 31.6. The van der Waals surface area contributed by atoms with Crippen molar-refractivity contribution in [1.82, 2.24) is 0 Å². The van der Waals surface area contributed by atoms with Gasteiger partial charge in [-0.1, -0.05) is 18.2 Å². The second-order valence-corrected chi connectivity index (χ2v) is 9.33. The van der Waals surface area contributed by atoms with Crippen molar-refractivity contribution < 1.29 is 42.9 Å². The summed E-state index contributed by atoms with van der Waals surface area (Å²) >= 11 is 0. The topological polar surface area (TPSA) is 174 Å². The third-order valence-corrected chi connectivity index (χ3v) is 6.41. The number of hydrogen-bond donors (Lipinski definition) is 1. The maximum Gasteiger partial charge on any atom is 0.498 e. The van der Waals surface area contributed by atoms with Gasteiger partial charge in [0.25, 0.3) is 0 Å². The Bertz CT molecular complexity index is 1380. The number of methoxy groups -OCH3 is 2. The average molecular weight is 542 g/mol. The molecule has 0 spiro atoms. The normalized spacial score (nSPS) is 15.2. The van der Waals surface area contributed by atoms with Crippen LogP contribution >= 0.6 is 0 Å². The zero-order valence-corrected chi connectivity index (χ0v) is 22.1. The lowest BCUT2D eigenvalue weighted by molar-refractivity contribution is -0.385. The Hall–Kier alpha value is -4.43. The summed E-state index contributed by atoms with van der Waals surface area (Å²) in [5.41, 5.74) is -0.474. The molecule has 0 amide bonds. The van der Waals surface area contributed by atoms with E-state index in [1.165, 1.54) is 44.6 Å². The van der Waals surface area contributed by atoms with Gasteiger partial charge in [0.05, 0.1) is 40.8 Å². The highest BCUT2D eigenvalue weighted by Gasteiger charge is 2.53. The number of furan rings is 1. The molecule has 14 heteroatoms. The molecule has 0 bridgehead atoms. The van der Waals surface area contributed by atoms with E-state index in [1.807, 2.05) is 27.7 Å². The Morgan fingerprint density at radius 1 is 0.846 bits per heavy atom. The third kappa shape index (κ3) is 5.86. The average Bonchev–Trinajstić information content (AvgIpc) is 3.45. The van der Waals surface area contributed by atoms with Crippen LogP contribution in [0.25, 0.3) is 11.3 Å². The van der Waals surface area contributed by atoms with Crippen LogP contribution in [0.15, 0.2) is 52.9 Å². The van der Waals surface area contributed by atoms with Crippen LogP contribution in [-0.2, 0) is 9.31 Å². The maximum absolute atomic E-state index is 11.0. The molecule has 2 heterocycles. The molecule has 2 aromatic carbocycles. The summed E-state index contributed by atoms with van der Waals surface area (Å²) in [7, 11) is 2.01. The van der Waals surface area contributed by atoms with Crippen molar-refractivity contribution >= 4 is 29.9 Å². The number of carboxylic acids is 1. The SMILES string of the molecule is COc1c(-c2ccc(C(=O)O)o2)cccc1[N+](=O)[O-].COc1c(B2OC(C)(C)C(C)(C)O2)cccc1[N+](=O)[O-]. The Kier molecular flexibility index (Phi) is 8.32. The van der Waals surface area contributed by atoms with Crippen molar-refractivity contribution in [3.63, 3.8) is 0 Å². The van der Waals surface area contributed by atoms with Crippen molar-refractivity contribution in [2.75, 3.05) is 14.2 Å². The number of nitrogens with zero attached hydrogens (tertiary/aromatic N) is 2. The zero-order valence-electron chi connectivity index (χ0n) is 22.1. The molecule has 0 aliphatic carbocycles. The van der Waals surface area contributed by atoms with E-state index in [0.717, 1.165) is 0 Å². The van der Waals surface area contributed by atoms with Crippen LogP contribution in [0, 0.1) is 20.2 Å². The van der Waals surface area contributed by atoms with Gasteiger partial charge in [-0.25, -0.2) is 4.79 Å². The van der Waals surface area contributed by atoms with Crippen molar-refractivity contribution in [3.8, 4) is 22.8 Å². The first-order valence-electron chi connectivity index (χ1n) is 11.6. The van der Waals surface area contributed by atoms with Crippen LogP contribution in [0.4, 0.5) is 11.4 Å². The number of aromatic carboxylic acids is 1. The lowest BCUT2D eigenvalue weighted by atomic mass is 9.78. The van der Waals surface area contributed by atoms with Gasteiger partial charge in [0.1, 0.15) is 5.76 Å². The first-order chi connectivity index (χ1) is 18.2. The number of carbonyl (C=O) groups is 1. The molecule has 1 N–H and O–H groups in total. The Morgan fingerprint density at radius 3 is 1.82 bits per heavy atom. The molecule has 0 atom stereocenters. The van der Waals surface area contributed by atoms with Gasteiger partial charge in [-0.15, -0.1) is 0 Å². The number of carboxylic acid groups (broad SMARTS) is 1. The van der Waals surface area contributed by atoms with Crippen LogP contribution in [0.5, 0.6) is 11.5 Å². The molecule has 1 aliphatic rings. The Balaban J connectivity index is 0.000000216. The van der Waals surface area contributed by atoms with Crippen molar-refractivity contribution in [2.45, 2.75) is 38.9 Å². The number of rotatable bonds is 7. The van der Waals surface area contributed by atoms with Crippen molar-refractivity contribution in [2.24, 2.45) is 0 Å². The summed E-state index contributed by atoms with van der Waals surface area (Å²) in [5.74, 6) is -1.06. The monoisotopic (exact) mass is 542 g/mol. The van der Waals surface area contributed by atoms with Gasteiger partial charge in [-0.2, -0.15) is 0 Å². The lowest BCUT2D eigenvalue weighted by Gasteiger charge is -2.32. The van der Waals surface area contributed by atoms with Gasteiger partial charge >= 0.3 is 24.5 Å². The van der Waals surface area contributed by atoms with E-state index < -0.39 is 34.1 Å². The summed E-state index contributed by atoms with van der Waals surface area (Å²) < 4.78 is 27.1. The molecule has 1 aromatic heterocycles. The molecule has 206 valence electrons. The summed E-state index contributed by atoms with van der Waals surface area (Å²) in [6.07, 6.45) is 0. The second kappa shape index (κ2) is 11.1. The molecular formula is C25H27BN2O11. The minimum absolute atomic E-state index is 0.0267. The van der Waals surface area contributed by atoms with Gasteiger partial charge in [-0.3, -0.25) is 20.2 Å². The molecular weight excluding hydrogens is 515 g/mol. The number of hydrogen-bond acceptors (Lipinski definition) is 10. The fourth-order valence-corrected chi connectivity index (χ4v) is 3.74. The summed E-state index contributed by atoms with van der Waals surface area (Å²) in [5, 5.41) is 30.7. The van der Waals surface area contributed by atoms with E-state index in [4.69, 9.17) is 28.3 Å². The molecule has 0 saturated carbocycles. The molecule has 4 rings (SSSR count). The predicted molar refractivity (Wildman–Crippen MR) is 140 cm³/mol. The van der Waals surface area contributed by atoms with E-state index in [1.54, 1.807) is 18.2 Å².